The smallest absolute Gasteiger partial charge is 0.362 e. The lowest BCUT2D eigenvalue weighted by Crippen LogP contribution is -2.65. The Kier molecular flexibility index (Phi) is 11.0. The SMILES string of the molecule is CC[Si](CC)(CC)O[C@H](C)[C@H]1C(=O)N2C(C(=O)OC(=O)c3ccc([N+](=O)[O-])cc3)=C(CN(C)CCOS(C)(=O)=O)[C@H](C)[C@H]12. The number of rotatable bonds is 15. The molecule has 0 unspecified atom stereocenters. The zero-order chi connectivity index (χ0) is 32.3. The first kappa shape index (κ1) is 34.5. The largest absolute Gasteiger partial charge is 0.413 e. The van der Waals surface area contributed by atoms with Crippen molar-refractivity contribution in [1.29, 1.82) is 0 Å². The van der Waals surface area contributed by atoms with Crippen LogP contribution in [-0.2, 0) is 33.1 Å². The number of non-ortho nitro benzene ring substituents is 1. The third-order valence-electron chi connectivity index (χ3n) is 8.57. The van der Waals surface area contributed by atoms with Gasteiger partial charge in [-0.1, -0.05) is 27.7 Å². The van der Waals surface area contributed by atoms with Crippen LogP contribution >= 0.6 is 0 Å². The number of likely N-dealkylation sites (N-methyl/N-ethyl adjacent to an activating group) is 1. The first-order chi connectivity index (χ1) is 20.1. The molecule has 0 radical (unpaired) electrons. The molecular formula is C28H41N3O10SSi. The van der Waals surface area contributed by atoms with Gasteiger partial charge in [-0.2, -0.15) is 8.42 Å². The van der Waals surface area contributed by atoms with Crippen LogP contribution in [0, 0.1) is 22.0 Å². The summed E-state index contributed by atoms with van der Waals surface area (Å²) in [5.74, 6) is -3.08. The Balaban J connectivity index is 1.88. The van der Waals surface area contributed by atoms with E-state index in [0.29, 0.717) is 5.57 Å². The number of nitrogens with zero attached hydrogens (tertiary/aromatic N) is 3. The highest BCUT2D eigenvalue weighted by molar-refractivity contribution is 7.85. The highest BCUT2D eigenvalue weighted by atomic mass is 32.2. The summed E-state index contributed by atoms with van der Waals surface area (Å²) in [5.41, 5.74) is 0.259. The van der Waals surface area contributed by atoms with Gasteiger partial charge in [0.05, 0.1) is 41.4 Å². The lowest BCUT2D eigenvalue weighted by atomic mass is 9.77. The second kappa shape index (κ2) is 13.8. The van der Waals surface area contributed by atoms with E-state index >= 15 is 0 Å². The summed E-state index contributed by atoms with van der Waals surface area (Å²) in [6.07, 6.45) is 0.583. The number of carbonyl (C=O) groups excluding carboxylic acids is 3. The topological polar surface area (TPSA) is 163 Å². The van der Waals surface area contributed by atoms with Crippen molar-refractivity contribution in [1.82, 2.24) is 9.80 Å². The zero-order valence-electron chi connectivity index (χ0n) is 25.7. The third kappa shape index (κ3) is 7.57. The van der Waals surface area contributed by atoms with Crippen LogP contribution in [0.15, 0.2) is 35.5 Å². The molecule has 3 rings (SSSR count). The normalized spacial score (nSPS) is 21.1. The van der Waals surface area contributed by atoms with E-state index in [1.807, 2.05) is 13.8 Å². The van der Waals surface area contributed by atoms with E-state index in [1.165, 1.54) is 17.0 Å². The summed E-state index contributed by atoms with van der Waals surface area (Å²) in [5, 5.41) is 11.0. The number of nitro benzene ring substituents is 1. The fourth-order valence-electron chi connectivity index (χ4n) is 5.92. The van der Waals surface area contributed by atoms with E-state index in [-0.39, 0.29) is 60.6 Å². The maximum atomic E-state index is 13.6. The standard InChI is InChI=1S/C28H41N3O10SSi/c1-8-43(9-2,10-3)41-19(5)23-24-18(4)22(17-29(6)15-16-39-42(7,37)38)25(30(24)26(23)32)28(34)40-27(33)20-11-13-21(14-12-20)31(35)36/h11-14,18-19,23-24H,8-10,15-17H2,1-7H3/t18-,19+,23+,24+/m0/s1. The maximum Gasteiger partial charge on any atom is 0.362 e. The summed E-state index contributed by atoms with van der Waals surface area (Å²) in [4.78, 5) is 53.5. The number of benzene rings is 1. The van der Waals surface area contributed by atoms with Crippen LogP contribution in [0.1, 0.15) is 45.0 Å². The Bertz CT molecular complexity index is 1370. The summed E-state index contributed by atoms with van der Waals surface area (Å²) in [6.45, 7) is 10.4. The molecular weight excluding hydrogens is 598 g/mol. The van der Waals surface area contributed by atoms with Crippen LogP contribution in [-0.4, -0.2) is 94.4 Å². The van der Waals surface area contributed by atoms with Gasteiger partial charge >= 0.3 is 11.9 Å². The molecule has 1 amide bonds. The van der Waals surface area contributed by atoms with Crippen LogP contribution in [0.4, 0.5) is 5.69 Å². The Morgan fingerprint density at radius 2 is 1.70 bits per heavy atom. The molecule has 2 aliphatic heterocycles. The van der Waals surface area contributed by atoms with Gasteiger partial charge in [-0.05, 0) is 49.8 Å². The molecule has 2 heterocycles. The van der Waals surface area contributed by atoms with Gasteiger partial charge in [-0.3, -0.25) is 24.0 Å². The number of β-lactam (4-membered cyclic amide) rings is 1. The van der Waals surface area contributed by atoms with Gasteiger partial charge in [-0.15, -0.1) is 0 Å². The van der Waals surface area contributed by atoms with Crippen molar-refractivity contribution in [2.45, 2.75) is 64.9 Å². The molecule has 0 aromatic heterocycles. The molecule has 0 spiro atoms. The van der Waals surface area contributed by atoms with Crippen molar-refractivity contribution in [2.24, 2.45) is 11.8 Å². The Hall–Kier alpha value is -2.98. The molecule has 238 valence electrons. The number of hydrogen-bond donors (Lipinski definition) is 0. The molecule has 2 aliphatic rings. The van der Waals surface area contributed by atoms with Crippen LogP contribution in [0.3, 0.4) is 0 Å². The number of amides is 1. The number of esters is 2. The summed E-state index contributed by atoms with van der Waals surface area (Å²) in [7, 11) is -3.95. The highest BCUT2D eigenvalue weighted by Gasteiger charge is 2.61. The van der Waals surface area contributed by atoms with Gasteiger partial charge in [0.2, 0.25) is 5.91 Å². The van der Waals surface area contributed by atoms with E-state index in [1.54, 1.807) is 11.9 Å². The van der Waals surface area contributed by atoms with E-state index < -0.39 is 41.2 Å². The average molecular weight is 640 g/mol. The second-order valence-electron chi connectivity index (χ2n) is 11.2. The van der Waals surface area contributed by atoms with Gasteiger partial charge in [0.25, 0.3) is 15.8 Å². The third-order valence-corrected chi connectivity index (χ3v) is 13.9. The van der Waals surface area contributed by atoms with E-state index in [2.05, 4.69) is 20.8 Å². The average Bonchev–Trinajstić information content (AvgIpc) is 3.18. The Labute approximate surface area is 253 Å². The predicted octanol–water partition coefficient (Wildman–Crippen LogP) is 3.33. The lowest BCUT2D eigenvalue weighted by molar-refractivity contribution is -0.384. The van der Waals surface area contributed by atoms with Crippen molar-refractivity contribution >= 4 is 42.0 Å². The van der Waals surface area contributed by atoms with Gasteiger partial charge in [0.1, 0.15) is 5.70 Å². The fraction of sp³-hybridized carbons (Fsp3) is 0.607. The molecule has 13 nitrogen and oxygen atoms in total. The number of ether oxygens (including phenoxy) is 1. The second-order valence-corrected chi connectivity index (χ2v) is 17.6. The molecule has 1 aromatic carbocycles. The van der Waals surface area contributed by atoms with Crippen molar-refractivity contribution in [3.05, 3.63) is 51.2 Å². The molecule has 0 aliphatic carbocycles. The minimum atomic E-state index is -3.63. The lowest BCUT2D eigenvalue weighted by Gasteiger charge is -2.49. The molecule has 1 aromatic rings. The fourth-order valence-corrected chi connectivity index (χ4v) is 9.23. The molecule has 1 saturated heterocycles. The molecule has 15 heteroatoms. The first-order valence-electron chi connectivity index (χ1n) is 14.4. The van der Waals surface area contributed by atoms with Crippen molar-refractivity contribution < 1.29 is 41.1 Å². The van der Waals surface area contributed by atoms with Crippen LogP contribution in [0.5, 0.6) is 0 Å². The summed E-state index contributed by atoms with van der Waals surface area (Å²) < 4.78 is 39.4. The number of nitro groups is 1. The summed E-state index contributed by atoms with van der Waals surface area (Å²) in [6, 6.07) is 7.01. The van der Waals surface area contributed by atoms with E-state index in [0.717, 1.165) is 36.5 Å². The minimum Gasteiger partial charge on any atom is -0.413 e. The summed E-state index contributed by atoms with van der Waals surface area (Å²) >= 11 is 0. The minimum absolute atomic E-state index is 0.0259. The van der Waals surface area contributed by atoms with Crippen molar-refractivity contribution in [3.63, 3.8) is 0 Å². The number of hydrogen-bond acceptors (Lipinski definition) is 11. The first-order valence-corrected chi connectivity index (χ1v) is 18.7. The van der Waals surface area contributed by atoms with Gasteiger partial charge in [0.15, 0.2) is 8.32 Å². The monoisotopic (exact) mass is 639 g/mol. The molecule has 0 bridgehead atoms. The van der Waals surface area contributed by atoms with E-state index in [9.17, 15) is 32.9 Å². The Morgan fingerprint density at radius 1 is 1.12 bits per heavy atom. The molecule has 0 N–H and O–H groups in total. The highest BCUT2D eigenvalue weighted by Crippen LogP contribution is 2.48. The van der Waals surface area contributed by atoms with Gasteiger partial charge in [0, 0.05) is 31.1 Å². The van der Waals surface area contributed by atoms with Crippen molar-refractivity contribution in [3.8, 4) is 0 Å². The quantitative estimate of drug-likeness (QED) is 0.0526. The van der Waals surface area contributed by atoms with Gasteiger partial charge in [-0.25, -0.2) is 9.59 Å². The molecule has 0 saturated carbocycles. The van der Waals surface area contributed by atoms with Crippen LogP contribution < -0.4 is 0 Å². The Morgan fingerprint density at radius 3 is 2.21 bits per heavy atom. The number of fused-ring (bicyclic) bond motifs is 1. The zero-order valence-corrected chi connectivity index (χ0v) is 27.5. The predicted molar refractivity (Wildman–Crippen MR) is 160 cm³/mol. The maximum absolute atomic E-state index is 13.6. The van der Waals surface area contributed by atoms with Gasteiger partial charge < -0.3 is 14.1 Å². The van der Waals surface area contributed by atoms with Crippen LogP contribution in [0.2, 0.25) is 18.1 Å². The molecule has 43 heavy (non-hydrogen) atoms. The van der Waals surface area contributed by atoms with Crippen molar-refractivity contribution in [2.75, 3.05) is 33.0 Å². The van der Waals surface area contributed by atoms with E-state index in [4.69, 9.17) is 13.3 Å². The van der Waals surface area contributed by atoms with Crippen LogP contribution in [0.25, 0.3) is 0 Å². The molecule has 1 fully saturated rings. The molecule has 4 atom stereocenters. The number of carbonyl (C=O) groups is 3.